The van der Waals surface area contributed by atoms with Gasteiger partial charge in [0.05, 0.1) is 0 Å². The van der Waals surface area contributed by atoms with Crippen LogP contribution in [-0.4, -0.2) is 0 Å². The molecule has 4 fully saturated rings. The summed E-state index contributed by atoms with van der Waals surface area (Å²) in [6, 6.07) is 16.2. The Morgan fingerprint density at radius 3 is 1.89 bits per heavy atom. The van der Waals surface area contributed by atoms with Crippen molar-refractivity contribution in [3.8, 4) is 0 Å². The fraction of sp³-hybridized carbons (Fsp3) is 0.556. The highest BCUT2D eigenvalue weighted by atomic mass is 14.9. The van der Waals surface area contributed by atoms with Gasteiger partial charge in [-0.25, -0.2) is 0 Å². The molecular weight excluding hydrogens is 338 g/mol. The van der Waals surface area contributed by atoms with Crippen molar-refractivity contribution >= 4 is 11.4 Å². The molecule has 148 valence electrons. The SMILES string of the molecule is Cc1cc(C23CC4CC(CC(C4)C2)C3)ccc1Nc1ccc(C(C)(C)C)cc1. The van der Waals surface area contributed by atoms with E-state index in [9.17, 15) is 0 Å². The van der Waals surface area contributed by atoms with E-state index < -0.39 is 0 Å². The van der Waals surface area contributed by atoms with Gasteiger partial charge < -0.3 is 5.32 Å². The summed E-state index contributed by atoms with van der Waals surface area (Å²) in [5.41, 5.74) is 7.51. The molecule has 2 aromatic carbocycles. The smallest absolute Gasteiger partial charge is 0.0414 e. The number of aryl methyl sites for hydroxylation is 1. The van der Waals surface area contributed by atoms with Gasteiger partial charge in [-0.2, -0.15) is 0 Å². The standard InChI is InChI=1S/C27H35N/c1-18-11-23(27-15-19-12-20(16-27)14-21(13-19)17-27)7-10-25(18)28-24-8-5-22(6-9-24)26(2,3)4/h5-11,19-21,28H,12-17H2,1-4H3. The number of anilines is 2. The van der Waals surface area contributed by atoms with E-state index in [1.165, 1.54) is 61.0 Å². The number of hydrogen-bond acceptors (Lipinski definition) is 1. The lowest BCUT2D eigenvalue weighted by atomic mass is 9.48. The van der Waals surface area contributed by atoms with Crippen molar-refractivity contribution in [3.05, 3.63) is 59.2 Å². The summed E-state index contributed by atoms with van der Waals surface area (Å²) >= 11 is 0. The Hall–Kier alpha value is -1.76. The van der Waals surface area contributed by atoms with Gasteiger partial charge in [0.1, 0.15) is 0 Å². The molecule has 4 aliphatic rings. The minimum absolute atomic E-state index is 0.202. The molecule has 0 unspecified atom stereocenters. The highest BCUT2D eigenvalue weighted by Gasteiger charge is 2.51. The summed E-state index contributed by atoms with van der Waals surface area (Å²) in [7, 11) is 0. The van der Waals surface area contributed by atoms with E-state index in [2.05, 4.69) is 75.5 Å². The first-order valence-electron chi connectivity index (χ1n) is 11.3. The van der Waals surface area contributed by atoms with Crippen LogP contribution in [-0.2, 0) is 10.8 Å². The maximum Gasteiger partial charge on any atom is 0.0414 e. The Labute approximate surface area is 170 Å². The van der Waals surface area contributed by atoms with Crippen molar-refractivity contribution in [2.75, 3.05) is 5.32 Å². The van der Waals surface area contributed by atoms with Crippen molar-refractivity contribution in [1.29, 1.82) is 0 Å². The molecule has 0 aliphatic heterocycles. The molecule has 4 saturated carbocycles. The van der Waals surface area contributed by atoms with Crippen molar-refractivity contribution in [2.45, 2.75) is 77.0 Å². The molecule has 2 aromatic rings. The molecular formula is C27H35N. The zero-order chi connectivity index (χ0) is 19.5. The molecule has 4 aliphatic carbocycles. The van der Waals surface area contributed by atoms with Crippen LogP contribution in [0.25, 0.3) is 0 Å². The van der Waals surface area contributed by atoms with Crippen molar-refractivity contribution < 1.29 is 0 Å². The Bertz CT molecular complexity index is 833. The van der Waals surface area contributed by atoms with Gasteiger partial charge in [-0.1, -0.05) is 45.0 Å². The second-order valence-electron chi connectivity index (χ2n) is 11.2. The van der Waals surface area contributed by atoms with Crippen LogP contribution in [0.15, 0.2) is 42.5 Å². The van der Waals surface area contributed by atoms with E-state index >= 15 is 0 Å². The lowest BCUT2D eigenvalue weighted by Gasteiger charge is -2.57. The van der Waals surface area contributed by atoms with Gasteiger partial charge in [0.2, 0.25) is 0 Å². The van der Waals surface area contributed by atoms with Crippen LogP contribution in [0.4, 0.5) is 11.4 Å². The third kappa shape index (κ3) is 3.17. The van der Waals surface area contributed by atoms with E-state index in [0.29, 0.717) is 5.41 Å². The second-order valence-corrected chi connectivity index (χ2v) is 11.2. The fourth-order valence-corrected chi connectivity index (χ4v) is 6.81. The molecule has 0 radical (unpaired) electrons. The topological polar surface area (TPSA) is 12.0 Å². The van der Waals surface area contributed by atoms with E-state index in [1.807, 2.05) is 0 Å². The van der Waals surface area contributed by atoms with Crippen LogP contribution >= 0.6 is 0 Å². The minimum atomic E-state index is 0.202. The summed E-state index contributed by atoms with van der Waals surface area (Å²) < 4.78 is 0. The van der Waals surface area contributed by atoms with Gasteiger partial charge in [0, 0.05) is 11.4 Å². The Morgan fingerprint density at radius 1 is 0.821 bits per heavy atom. The third-order valence-corrected chi connectivity index (χ3v) is 7.91. The zero-order valence-electron chi connectivity index (χ0n) is 18.0. The van der Waals surface area contributed by atoms with E-state index in [4.69, 9.17) is 0 Å². The van der Waals surface area contributed by atoms with Crippen LogP contribution in [0, 0.1) is 24.7 Å². The summed E-state index contributed by atoms with van der Waals surface area (Å²) in [5.74, 6) is 3.02. The molecule has 28 heavy (non-hydrogen) atoms. The molecule has 0 atom stereocenters. The quantitative estimate of drug-likeness (QED) is 0.587. The molecule has 1 N–H and O–H groups in total. The lowest BCUT2D eigenvalue weighted by Crippen LogP contribution is -2.48. The van der Waals surface area contributed by atoms with Gasteiger partial charge >= 0.3 is 0 Å². The van der Waals surface area contributed by atoms with Gasteiger partial charge in [-0.15, -0.1) is 0 Å². The van der Waals surface area contributed by atoms with Crippen molar-refractivity contribution in [1.82, 2.24) is 0 Å². The van der Waals surface area contributed by atoms with Gasteiger partial charge in [0.25, 0.3) is 0 Å². The highest BCUT2D eigenvalue weighted by Crippen LogP contribution is 2.60. The maximum atomic E-state index is 3.65. The monoisotopic (exact) mass is 373 g/mol. The van der Waals surface area contributed by atoms with Crippen LogP contribution in [0.3, 0.4) is 0 Å². The van der Waals surface area contributed by atoms with Crippen molar-refractivity contribution in [2.24, 2.45) is 17.8 Å². The number of nitrogens with one attached hydrogen (secondary N) is 1. The number of rotatable bonds is 3. The average molecular weight is 374 g/mol. The van der Waals surface area contributed by atoms with Crippen LogP contribution in [0.2, 0.25) is 0 Å². The predicted molar refractivity (Wildman–Crippen MR) is 119 cm³/mol. The van der Waals surface area contributed by atoms with Crippen LogP contribution < -0.4 is 5.32 Å². The first-order chi connectivity index (χ1) is 13.3. The second kappa shape index (κ2) is 6.37. The summed E-state index contributed by atoms with van der Waals surface area (Å²) in [5, 5.41) is 3.65. The Morgan fingerprint density at radius 2 is 1.39 bits per heavy atom. The fourth-order valence-electron chi connectivity index (χ4n) is 6.81. The van der Waals surface area contributed by atoms with Gasteiger partial charge in [0.15, 0.2) is 0 Å². The minimum Gasteiger partial charge on any atom is -0.355 e. The van der Waals surface area contributed by atoms with E-state index in [1.54, 1.807) is 5.56 Å². The normalized spacial score (nSPS) is 31.2. The molecule has 6 rings (SSSR count). The molecule has 0 amide bonds. The number of hydrogen-bond donors (Lipinski definition) is 1. The molecule has 0 spiro atoms. The predicted octanol–water partition coefficient (Wildman–Crippen LogP) is 7.50. The summed E-state index contributed by atoms with van der Waals surface area (Å²) in [6.45, 7) is 9.07. The molecule has 0 heterocycles. The summed E-state index contributed by atoms with van der Waals surface area (Å²) in [6.07, 6.45) is 8.88. The van der Waals surface area contributed by atoms with Crippen LogP contribution in [0.1, 0.15) is 76.0 Å². The van der Waals surface area contributed by atoms with Crippen molar-refractivity contribution in [3.63, 3.8) is 0 Å². The molecule has 0 aromatic heterocycles. The number of benzene rings is 2. The van der Waals surface area contributed by atoms with Gasteiger partial charge in [-0.05, 0) is 109 Å². The van der Waals surface area contributed by atoms with Gasteiger partial charge in [-0.3, -0.25) is 0 Å². The average Bonchev–Trinajstić information content (AvgIpc) is 2.62. The molecule has 0 saturated heterocycles. The Balaban J connectivity index is 1.37. The lowest BCUT2D eigenvalue weighted by molar-refractivity contribution is -0.00520. The molecule has 1 nitrogen and oxygen atoms in total. The van der Waals surface area contributed by atoms with E-state index in [-0.39, 0.29) is 5.41 Å². The zero-order valence-corrected chi connectivity index (χ0v) is 18.0. The largest absolute Gasteiger partial charge is 0.355 e. The van der Waals surface area contributed by atoms with E-state index in [0.717, 1.165) is 17.8 Å². The highest BCUT2D eigenvalue weighted by molar-refractivity contribution is 5.64. The first kappa shape index (κ1) is 18.3. The first-order valence-corrected chi connectivity index (χ1v) is 11.3. The summed E-state index contributed by atoms with van der Waals surface area (Å²) in [4.78, 5) is 0. The molecule has 1 heteroatoms. The van der Waals surface area contributed by atoms with Crippen LogP contribution in [0.5, 0.6) is 0 Å². The molecule has 4 bridgehead atoms. The maximum absolute atomic E-state index is 3.65. The Kier molecular flexibility index (Phi) is 4.16. The third-order valence-electron chi connectivity index (χ3n) is 7.91.